The maximum Gasteiger partial charge on any atom is 0.401 e. The quantitative estimate of drug-likeness (QED) is 0.297. The molecule has 3 N–H and O–H groups in total. The molecule has 162 valence electrons. The molecule has 0 amide bonds. The van der Waals surface area contributed by atoms with Crippen LogP contribution in [-0.2, 0) is 0 Å². The predicted molar refractivity (Wildman–Crippen MR) is 122 cm³/mol. The van der Waals surface area contributed by atoms with Gasteiger partial charge in [-0.05, 0) is 36.4 Å². The van der Waals surface area contributed by atoms with Crippen LogP contribution in [0.5, 0.6) is 0 Å². The minimum absolute atomic E-state index is 0. The van der Waals surface area contributed by atoms with Crippen LogP contribution in [0.2, 0.25) is 0 Å². The molecule has 0 bridgehead atoms. The van der Waals surface area contributed by atoms with Crippen LogP contribution >= 0.6 is 35.3 Å². The highest BCUT2D eigenvalue weighted by Gasteiger charge is 2.34. The van der Waals surface area contributed by atoms with Crippen molar-refractivity contribution in [1.29, 1.82) is 0 Å². The van der Waals surface area contributed by atoms with Gasteiger partial charge in [0, 0.05) is 36.3 Å². The fraction of sp³-hybridized carbons (Fsp3) is 0.526. The van der Waals surface area contributed by atoms with E-state index in [4.69, 9.17) is 0 Å². The number of aliphatic hydroxyl groups is 1. The number of thiophene rings is 1. The number of guanidine groups is 1. The van der Waals surface area contributed by atoms with Crippen molar-refractivity contribution in [3.63, 3.8) is 0 Å². The highest BCUT2D eigenvalue weighted by molar-refractivity contribution is 14.0. The van der Waals surface area contributed by atoms with E-state index in [9.17, 15) is 18.3 Å². The standard InChI is InChI=1S/C19H25F3N4OS.HI/c1-23-18(24-9-13-6-7-26(11-13)12-19(20,21)22)25-10-15(27)17-8-14-4-2-3-5-16(14)28-17;/h2-5,8,13,15,27H,6-7,9-12H2,1H3,(H2,23,24,25);1H. The Bertz CT molecular complexity index is 781. The Morgan fingerprint density at radius 2 is 2.10 bits per heavy atom. The molecular weight excluding hydrogens is 516 g/mol. The van der Waals surface area contributed by atoms with E-state index in [1.807, 2.05) is 30.3 Å². The number of hydrogen-bond acceptors (Lipinski definition) is 4. The second-order valence-electron chi connectivity index (χ2n) is 7.04. The van der Waals surface area contributed by atoms with Gasteiger partial charge in [0.15, 0.2) is 5.96 Å². The van der Waals surface area contributed by atoms with E-state index in [0.717, 1.165) is 21.4 Å². The first-order chi connectivity index (χ1) is 13.3. The zero-order valence-electron chi connectivity index (χ0n) is 16.1. The van der Waals surface area contributed by atoms with Crippen LogP contribution < -0.4 is 10.6 Å². The molecule has 3 rings (SSSR count). The summed E-state index contributed by atoms with van der Waals surface area (Å²) >= 11 is 1.56. The number of aliphatic hydroxyl groups excluding tert-OH is 1. The lowest BCUT2D eigenvalue weighted by Crippen LogP contribution is -2.42. The Hall–Kier alpha value is -1.11. The average molecular weight is 542 g/mol. The van der Waals surface area contributed by atoms with Gasteiger partial charge in [0.25, 0.3) is 0 Å². The topological polar surface area (TPSA) is 59.9 Å². The summed E-state index contributed by atoms with van der Waals surface area (Å²) in [6.45, 7) is 0.888. The molecule has 1 aliphatic rings. The first-order valence-corrected chi connectivity index (χ1v) is 10.1. The maximum atomic E-state index is 12.5. The number of rotatable bonds is 6. The number of nitrogens with one attached hydrogen (secondary N) is 2. The van der Waals surface area contributed by atoms with Crippen molar-refractivity contribution < 1.29 is 18.3 Å². The fourth-order valence-electron chi connectivity index (χ4n) is 3.40. The molecule has 0 saturated carbocycles. The first kappa shape index (κ1) is 24.2. The van der Waals surface area contributed by atoms with Gasteiger partial charge in [-0.3, -0.25) is 9.89 Å². The highest BCUT2D eigenvalue weighted by Crippen LogP contribution is 2.29. The van der Waals surface area contributed by atoms with Gasteiger partial charge in [-0.1, -0.05) is 18.2 Å². The number of nitrogens with zero attached hydrogens (tertiary/aromatic N) is 2. The van der Waals surface area contributed by atoms with Crippen molar-refractivity contribution in [2.75, 3.05) is 39.8 Å². The van der Waals surface area contributed by atoms with Crippen molar-refractivity contribution in [3.05, 3.63) is 35.2 Å². The number of aliphatic imine (C=N–C) groups is 1. The summed E-state index contributed by atoms with van der Waals surface area (Å²) in [4.78, 5) is 6.44. The smallest absolute Gasteiger partial charge is 0.386 e. The highest BCUT2D eigenvalue weighted by atomic mass is 127. The molecule has 0 spiro atoms. The van der Waals surface area contributed by atoms with Crippen molar-refractivity contribution in [2.45, 2.75) is 18.7 Å². The summed E-state index contributed by atoms with van der Waals surface area (Å²) < 4.78 is 38.6. The summed E-state index contributed by atoms with van der Waals surface area (Å²) in [6, 6.07) is 9.95. The molecule has 2 aromatic rings. The van der Waals surface area contributed by atoms with Crippen LogP contribution in [0, 0.1) is 5.92 Å². The molecule has 10 heteroatoms. The molecule has 5 nitrogen and oxygen atoms in total. The van der Waals surface area contributed by atoms with Crippen molar-refractivity contribution in [2.24, 2.45) is 10.9 Å². The molecule has 29 heavy (non-hydrogen) atoms. The Morgan fingerprint density at radius 1 is 1.34 bits per heavy atom. The van der Waals surface area contributed by atoms with E-state index >= 15 is 0 Å². The summed E-state index contributed by atoms with van der Waals surface area (Å²) in [5, 5.41) is 17.8. The third-order valence-electron chi connectivity index (χ3n) is 4.79. The molecule has 1 fully saturated rings. The lowest BCUT2D eigenvalue weighted by molar-refractivity contribution is -0.143. The molecule has 2 heterocycles. The monoisotopic (exact) mass is 542 g/mol. The van der Waals surface area contributed by atoms with Crippen LogP contribution in [0.15, 0.2) is 35.3 Å². The van der Waals surface area contributed by atoms with E-state index in [1.165, 1.54) is 4.90 Å². The Kier molecular flexibility index (Phi) is 8.98. The SMILES string of the molecule is CN=C(NCC1CCN(CC(F)(F)F)C1)NCC(O)c1cc2ccccc2s1.I. The second-order valence-corrected chi connectivity index (χ2v) is 8.16. The zero-order valence-corrected chi connectivity index (χ0v) is 19.2. The fourth-order valence-corrected chi connectivity index (χ4v) is 4.45. The summed E-state index contributed by atoms with van der Waals surface area (Å²) in [5.74, 6) is 0.683. The molecule has 0 aliphatic carbocycles. The predicted octanol–water partition coefficient (Wildman–Crippen LogP) is 3.60. The molecule has 2 unspecified atom stereocenters. The summed E-state index contributed by atoms with van der Waals surface area (Å²) in [5.41, 5.74) is 0. The van der Waals surface area contributed by atoms with Crippen molar-refractivity contribution >= 4 is 51.4 Å². The summed E-state index contributed by atoms with van der Waals surface area (Å²) in [7, 11) is 1.63. The third-order valence-corrected chi connectivity index (χ3v) is 6.01. The van der Waals surface area contributed by atoms with Gasteiger partial charge in [0.05, 0.1) is 6.54 Å². The lowest BCUT2D eigenvalue weighted by Gasteiger charge is -2.19. The molecule has 0 radical (unpaired) electrons. The molecule has 1 saturated heterocycles. The molecule has 1 aromatic heterocycles. The lowest BCUT2D eigenvalue weighted by atomic mass is 10.1. The first-order valence-electron chi connectivity index (χ1n) is 9.24. The molecular formula is C19H26F3IN4OS. The Balaban J connectivity index is 0.00000300. The normalized spacial score (nSPS) is 19.2. The van der Waals surface area contributed by atoms with Gasteiger partial charge in [-0.25, -0.2) is 0 Å². The minimum atomic E-state index is -4.15. The van der Waals surface area contributed by atoms with Crippen molar-refractivity contribution in [3.8, 4) is 0 Å². The number of halogens is 4. The number of likely N-dealkylation sites (tertiary alicyclic amines) is 1. The molecule has 2 atom stereocenters. The largest absolute Gasteiger partial charge is 0.401 e. The van der Waals surface area contributed by atoms with Crippen LogP contribution in [-0.4, -0.2) is 61.9 Å². The van der Waals surface area contributed by atoms with E-state index in [1.54, 1.807) is 18.4 Å². The van der Waals surface area contributed by atoms with E-state index in [-0.39, 0.29) is 29.9 Å². The van der Waals surface area contributed by atoms with Crippen LogP contribution in [0.4, 0.5) is 13.2 Å². The van der Waals surface area contributed by atoms with Crippen LogP contribution in [0.1, 0.15) is 17.4 Å². The van der Waals surface area contributed by atoms with Gasteiger partial charge in [-0.2, -0.15) is 13.2 Å². The van der Waals surface area contributed by atoms with Gasteiger partial charge >= 0.3 is 6.18 Å². The third kappa shape index (κ3) is 7.26. The maximum absolute atomic E-state index is 12.5. The van der Waals surface area contributed by atoms with Crippen LogP contribution in [0.25, 0.3) is 10.1 Å². The van der Waals surface area contributed by atoms with E-state index in [0.29, 0.717) is 32.1 Å². The number of benzene rings is 1. The van der Waals surface area contributed by atoms with Crippen molar-refractivity contribution in [1.82, 2.24) is 15.5 Å². The minimum Gasteiger partial charge on any atom is -0.386 e. The van der Waals surface area contributed by atoms with E-state index < -0.39 is 18.8 Å². The zero-order chi connectivity index (χ0) is 20.1. The van der Waals surface area contributed by atoms with Gasteiger partial charge in [0.1, 0.15) is 6.10 Å². The van der Waals surface area contributed by atoms with Gasteiger partial charge < -0.3 is 15.7 Å². The molecule has 1 aromatic carbocycles. The second kappa shape index (κ2) is 10.8. The number of hydrogen-bond donors (Lipinski definition) is 3. The summed E-state index contributed by atoms with van der Waals surface area (Å²) in [6.07, 6.45) is -4.09. The van der Waals surface area contributed by atoms with Gasteiger partial charge in [-0.15, -0.1) is 35.3 Å². The Labute approximate surface area is 189 Å². The molecule has 1 aliphatic heterocycles. The number of fused-ring (bicyclic) bond motifs is 1. The van der Waals surface area contributed by atoms with Crippen LogP contribution in [0.3, 0.4) is 0 Å². The Morgan fingerprint density at radius 3 is 2.79 bits per heavy atom. The van der Waals surface area contributed by atoms with Gasteiger partial charge in [0.2, 0.25) is 0 Å². The number of alkyl halides is 3. The van der Waals surface area contributed by atoms with E-state index in [2.05, 4.69) is 15.6 Å². The average Bonchev–Trinajstić information content (AvgIpc) is 3.26.